The molecule has 3 rings (SSSR count). The smallest absolute Gasteiger partial charge is 0.158 e. The summed E-state index contributed by atoms with van der Waals surface area (Å²) in [7, 11) is 0. The van der Waals surface area contributed by atoms with E-state index in [2.05, 4.69) is 48.5 Å². The zero-order chi connectivity index (χ0) is 14.7. The minimum absolute atomic E-state index is 0.135. The van der Waals surface area contributed by atoms with Gasteiger partial charge < -0.3 is 9.47 Å². The Bertz CT molecular complexity index is 555. The number of hydrogen-bond donors (Lipinski definition) is 0. The lowest BCUT2D eigenvalue weighted by Crippen LogP contribution is -2.20. The summed E-state index contributed by atoms with van der Waals surface area (Å²) in [5.74, 6) is 0.362. The number of ether oxygens (including phenoxy) is 2. The van der Waals surface area contributed by atoms with Gasteiger partial charge in [0.15, 0.2) is 6.29 Å². The SMILES string of the molecule is CCOC(CC1c2ccccc2-c2ccccc21)OCC. The fourth-order valence-electron chi connectivity index (χ4n) is 3.26. The van der Waals surface area contributed by atoms with Crippen molar-refractivity contribution in [1.29, 1.82) is 0 Å². The zero-order valence-corrected chi connectivity index (χ0v) is 12.7. The van der Waals surface area contributed by atoms with E-state index < -0.39 is 0 Å². The highest BCUT2D eigenvalue weighted by Gasteiger charge is 2.30. The first kappa shape index (κ1) is 14.3. The highest BCUT2D eigenvalue weighted by molar-refractivity contribution is 5.78. The molecule has 0 spiro atoms. The standard InChI is InChI=1S/C19H22O2/c1-3-20-19(21-4-2)13-18-16-11-7-5-9-14(16)15-10-6-8-12-17(15)18/h5-12,18-19H,3-4,13H2,1-2H3. The third-order valence-electron chi connectivity index (χ3n) is 4.10. The van der Waals surface area contributed by atoms with Gasteiger partial charge in [-0.05, 0) is 36.1 Å². The molecule has 0 fully saturated rings. The molecule has 1 aliphatic carbocycles. The van der Waals surface area contributed by atoms with Crippen molar-refractivity contribution in [3.05, 3.63) is 59.7 Å². The van der Waals surface area contributed by atoms with Crippen LogP contribution in [0.25, 0.3) is 11.1 Å². The van der Waals surface area contributed by atoms with Crippen molar-refractivity contribution in [1.82, 2.24) is 0 Å². The Hall–Kier alpha value is -1.64. The molecule has 2 aromatic rings. The molecule has 2 nitrogen and oxygen atoms in total. The molecule has 0 heterocycles. The summed E-state index contributed by atoms with van der Waals surface area (Å²) < 4.78 is 11.5. The summed E-state index contributed by atoms with van der Waals surface area (Å²) in [6, 6.07) is 17.3. The first-order chi connectivity index (χ1) is 10.3. The Balaban J connectivity index is 1.94. The molecular formula is C19H22O2. The topological polar surface area (TPSA) is 18.5 Å². The summed E-state index contributed by atoms with van der Waals surface area (Å²) in [6.07, 6.45) is 0.736. The minimum Gasteiger partial charge on any atom is -0.353 e. The van der Waals surface area contributed by atoms with E-state index in [1.54, 1.807) is 0 Å². The molecular weight excluding hydrogens is 260 g/mol. The second kappa shape index (κ2) is 6.42. The van der Waals surface area contributed by atoms with Crippen LogP contribution in [0.15, 0.2) is 48.5 Å². The Morgan fingerprint density at radius 2 is 1.29 bits per heavy atom. The van der Waals surface area contributed by atoms with Crippen molar-refractivity contribution < 1.29 is 9.47 Å². The lowest BCUT2D eigenvalue weighted by atomic mass is 9.93. The summed E-state index contributed by atoms with van der Waals surface area (Å²) in [6.45, 7) is 5.40. The van der Waals surface area contributed by atoms with Crippen LogP contribution in [-0.2, 0) is 9.47 Å². The molecule has 0 aliphatic heterocycles. The highest BCUT2D eigenvalue weighted by atomic mass is 16.7. The van der Waals surface area contributed by atoms with E-state index >= 15 is 0 Å². The van der Waals surface area contributed by atoms with Crippen LogP contribution in [0.4, 0.5) is 0 Å². The normalized spacial score (nSPS) is 13.5. The van der Waals surface area contributed by atoms with Crippen LogP contribution in [0.3, 0.4) is 0 Å². The largest absolute Gasteiger partial charge is 0.353 e. The van der Waals surface area contributed by atoms with Gasteiger partial charge in [0.25, 0.3) is 0 Å². The van der Waals surface area contributed by atoms with E-state index in [4.69, 9.17) is 9.47 Å². The summed E-state index contributed by atoms with van der Waals surface area (Å²) in [5, 5.41) is 0. The first-order valence-electron chi connectivity index (χ1n) is 7.76. The van der Waals surface area contributed by atoms with Crippen LogP contribution in [0.1, 0.15) is 37.3 Å². The van der Waals surface area contributed by atoms with Crippen LogP contribution in [0.2, 0.25) is 0 Å². The molecule has 110 valence electrons. The van der Waals surface area contributed by atoms with Gasteiger partial charge in [0.05, 0.1) is 0 Å². The minimum atomic E-state index is -0.135. The van der Waals surface area contributed by atoms with Crippen molar-refractivity contribution in [3.8, 4) is 11.1 Å². The molecule has 0 saturated carbocycles. The zero-order valence-electron chi connectivity index (χ0n) is 12.7. The van der Waals surface area contributed by atoms with E-state index in [0.29, 0.717) is 19.1 Å². The molecule has 0 saturated heterocycles. The molecule has 2 heteroatoms. The predicted octanol–water partition coefficient (Wildman–Crippen LogP) is 4.59. The molecule has 2 aromatic carbocycles. The van der Waals surface area contributed by atoms with Gasteiger partial charge in [-0.25, -0.2) is 0 Å². The molecule has 0 bridgehead atoms. The maximum Gasteiger partial charge on any atom is 0.158 e. The number of fused-ring (bicyclic) bond motifs is 3. The van der Waals surface area contributed by atoms with Gasteiger partial charge in [-0.15, -0.1) is 0 Å². The third-order valence-corrected chi connectivity index (χ3v) is 4.10. The quantitative estimate of drug-likeness (QED) is 0.722. The molecule has 0 aromatic heterocycles. The highest BCUT2D eigenvalue weighted by Crippen LogP contribution is 2.46. The third kappa shape index (κ3) is 2.74. The summed E-state index contributed by atoms with van der Waals surface area (Å²) in [5.41, 5.74) is 5.49. The molecule has 21 heavy (non-hydrogen) atoms. The Morgan fingerprint density at radius 1 is 0.810 bits per heavy atom. The average molecular weight is 282 g/mol. The van der Waals surface area contributed by atoms with Gasteiger partial charge in [0, 0.05) is 25.6 Å². The lowest BCUT2D eigenvalue weighted by molar-refractivity contribution is -0.140. The van der Waals surface area contributed by atoms with Crippen LogP contribution in [0, 0.1) is 0 Å². The van der Waals surface area contributed by atoms with E-state index in [1.165, 1.54) is 22.3 Å². The fourth-order valence-corrected chi connectivity index (χ4v) is 3.26. The van der Waals surface area contributed by atoms with E-state index in [1.807, 2.05) is 13.8 Å². The maximum atomic E-state index is 5.75. The maximum absolute atomic E-state index is 5.75. The lowest BCUT2D eigenvalue weighted by Gasteiger charge is -2.22. The van der Waals surface area contributed by atoms with Crippen LogP contribution >= 0.6 is 0 Å². The Morgan fingerprint density at radius 3 is 1.76 bits per heavy atom. The molecule has 0 unspecified atom stereocenters. The molecule has 0 N–H and O–H groups in total. The van der Waals surface area contributed by atoms with Crippen molar-refractivity contribution in [3.63, 3.8) is 0 Å². The molecule has 0 radical (unpaired) electrons. The van der Waals surface area contributed by atoms with Gasteiger partial charge in [-0.3, -0.25) is 0 Å². The van der Waals surface area contributed by atoms with Gasteiger partial charge in [-0.1, -0.05) is 48.5 Å². The van der Waals surface area contributed by atoms with Gasteiger partial charge >= 0.3 is 0 Å². The monoisotopic (exact) mass is 282 g/mol. The van der Waals surface area contributed by atoms with Crippen LogP contribution in [0.5, 0.6) is 0 Å². The van der Waals surface area contributed by atoms with E-state index in [-0.39, 0.29) is 6.29 Å². The molecule has 0 amide bonds. The van der Waals surface area contributed by atoms with Gasteiger partial charge in [-0.2, -0.15) is 0 Å². The Labute approximate surface area is 126 Å². The fraction of sp³-hybridized carbons (Fsp3) is 0.368. The number of hydrogen-bond acceptors (Lipinski definition) is 2. The Kier molecular flexibility index (Phi) is 4.37. The number of rotatable bonds is 6. The molecule has 1 aliphatic rings. The van der Waals surface area contributed by atoms with Gasteiger partial charge in [0.2, 0.25) is 0 Å². The van der Waals surface area contributed by atoms with Crippen molar-refractivity contribution in [2.45, 2.75) is 32.5 Å². The first-order valence-corrected chi connectivity index (χ1v) is 7.76. The van der Waals surface area contributed by atoms with Crippen molar-refractivity contribution in [2.75, 3.05) is 13.2 Å². The van der Waals surface area contributed by atoms with Crippen LogP contribution < -0.4 is 0 Å². The predicted molar refractivity (Wildman–Crippen MR) is 85.4 cm³/mol. The second-order valence-corrected chi connectivity index (χ2v) is 5.30. The van der Waals surface area contributed by atoms with E-state index in [0.717, 1.165) is 6.42 Å². The van der Waals surface area contributed by atoms with E-state index in [9.17, 15) is 0 Å². The summed E-state index contributed by atoms with van der Waals surface area (Å²) in [4.78, 5) is 0. The second-order valence-electron chi connectivity index (χ2n) is 5.30. The van der Waals surface area contributed by atoms with Gasteiger partial charge in [0.1, 0.15) is 0 Å². The average Bonchev–Trinajstić information content (AvgIpc) is 2.83. The number of benzene rings is 2. The summed E-state index contributed by atoms with van der Waals surface area (Å²) >= 11 is 0. The molecule has 0 atom stereocenters. The van der Waals surface area contributed by atoms with Crippen LogP contribution in [-0.4, -0.2) is 19.5 Å². The van der Waals surface area contributed by atoms with Crippen molar-refractivity contribution >= 4 is 0 Å². The van der Waals surface area contributed by atoms with Crippen molar-refractivity contribution in [2.24, 2.45) is 0 Å².